The highest BCUT2D eigenvalue weighted by atomic mass is 16.5. The van der Waals surface area contributed by atoms with Crippen LogP contribution in [0.25, 0.3) is 0 Å². The summed E-state index contributed by atoms with van der Waals surface area (Å²) in [7, 11) is 0. The van der Waals surface area contributed by atoms with Crippen LogP contribution in [0.5, 0.6) is 11.5 Å². The molecule has 0 radical (unpaired) electrons. The number of nitrogens with one attached hydrogen (secondary N) is 1. The number of benzene rings is 2. The van der Waals surface area contributed by atoms with Crippen LogP contribution >= 0.6 is 0 Å². The fourth-order valence-corrected chi connectivity index (χ4v) is 3.58. The molecule has 170 valence electrons. The number of para-hydroxylation sites is 1. The number of rotatable bonds is 10. The van der Waals surface area contributed by atoms with Crippen molar-refractivity contribution in [3.05, 3.63) is 53.6 Å². The molecule has 2 aromatic carbocycles. The number of amides is 2. The van der Waals surface area contributed by atoms with Crippen molar-refractivity contribution in [2.24, 2.45) is 0 Å². The van der Waals surface area contributed by atoms with Crippen LogP contribution in [-0.4, -0.2) is 43.4 Å². The zero-order valence-corrected chi connectivity index (χ0v) is 18.8. The second kappa shape index (κ2) is 10.8. The van der Waals surface area contributed by atoms with Gasteiger partial charge in [0.15, 0.2) is 19.0 Å². The molecule has 0 saturated carbocycles. The molecule has 0 fully saturated rings. The van der Waals surface area contributed by atoms with E-state index in [2.05, 4.69) is 5.32 Å². The van der Waals surface area contributed by atoms with Crippen LogP contribution in [0.2, 0.25) is 0 Å². The highest BCUT2D eigenvalue weighted by Crippen LogP contribution is 2.33. The molecule has 7 heteroatoms. The Hall–Kier alpha value is -3.35. The van der Waals surface area contributed by atoms with Crippen LogP contribution in [0.3, 0.4) is 0 Å². The third kappa shape index (κ3) is 5.87. The first-order valence-electron chi connectivity index (χ1n) is 11.0. The summed E-state index contributed by atoms with van der Waals surface area (Å²) >= 11 is 0. The van der Waals surface area contributed by atoms with Gasteiger partial charge in [0.1, 0.15) is 11.5 Å². The van der Waals surface area contributed by atoms with Gasteiger partial charge in [-0.15, -0.1) is 0 Å². The first-order chi connectivity index (χ1) is 15.4. The Kier molecular flexibility index (Phi) is 7.87. The number of anilines is 1. The number of fused-ring (bicyclic) bond motifs is 1. The zero-order valence-electron chi connectivity index (χ0n) is 18.8. The second-order valence-corrected chi connectivity index (χ2v) is 8.02. The highest BCUT2D eigenvalue weighted by molar-refractivity contribution is 6.02. The maximum absolute atomic E-state index is 12.8. The third-order valence-corrected chi connectivity index (χ3v) is 5.17. The molecule has 0 aromatic heterocycles. The molecule has 7 nitrogen and oxygen atoms in total. The minimum atomic E-state index is -0.195. The van der Waals surface area contributed by atoms with Gasteiger partial charge < -0.3 is 19.7 Å². The van der Waals surface area contributed by atoms with E-state index in [0.717, 1.165) is 12.0 Å². The summed E-state index contributed by atoms with van der Waals surface area (Å²) in [5.41, 5.74) is 2.03. The van der Waals surface area contributed by atoms with Gasteiger partial charge in [-0.3, -0.25) is 14.4 Å². The van der Waals surface area contributed by atoms with Crippen LogP contribution in [0.1, 0.15) is 49.5 Å². The molecule has 0 unspecified atom stereocenters. The van der Waals surface area contributed by atoms with E-state index in [1.165, 1.54) is 0 Å². The van der Waals surface area contributed by atoms with Gasteiger partial charge >= 0.3 is 0 Å². The van der Waals surface area contributed by atoms with Gasteiger partial charge in [0.2, 0.25) is 5.91 Å². The van der Waals surface area contributed by atoms with Crippen molar-refractivity contribution < 1.29 is 23.9 Å². The number of carbonyl (C=O) groups excluding carboxylic acids is 3. The van der Waals surface area contributed by atoms with Crippen molar-refractivity contribution in [1.29, 1.82) is 0 Å². The Morgan fingerprint density at radius 2 is 1.97 bits per heavy atom. The quantitative estimate of drug-likeness (QED) is 0.574. The average molecular weight is 439 g/mol. The molecule has 0 bridgehead atoms. The number of aryl methyl sites for hydroxylation is 1. The summed E-state index contributed by atoms with van der Waals surface area (Å²) < 4.78 is 11.3. The van der Waals surface area contributed by atoms with Crippen LogP contribution in [0, 0.1) is 0 Å². The number of carbonyl (C=O) groups is 3. The molecule has 2 amide bonds. The largest absolute Gasteiger partial charge is 0.485 e. The smallest absolute Gasteiger partial charge is 0.265 e. The lowest BCUT2D eigenvalue weighted by molar-refractivity contribution is -0.123. The van der Waals surface area contributed by atoms with Gasteiger partial charge in [-0.1, -0.05) is 25.1 Å². The maximum atomic E-state index is 12.8. The first-order valence-corrected chi connectivity index (χ1v) is 11.0. The number of Topliss-reactive ketones (excluding diaryl/α,β-unsaturated/α-hetero) is 1. The number of hydrogen-bond donors (Lipinski definition) is 1. The molecular formula is C25H30N2O5. The molecule has 1 N–H and O–H groups in total. The number of nitrogens with zero attached hydrogens (tertiary/aromatic N) is 1. The fourth-order valence-electron chi connectivity index (χ4n) is 3.58. The topological polar surface area (TPSA) is 84.9 Å². The van der Waals surface area contributed by atoms with E-state index in [9.17, 15) is 14.4 Å². The van der Waals surface area contributed by atoms with E-state index in [1.54, 1.807) is 23.1 Å². The SMILES string of the molecule is CCc1ccccc1OCC(=O)c1ccc2c(c1)N(CCCC(=O)NC(C)C)C(=O)CO2. The molecule has 1 heterocycles. The predicted octanol–water partition coefficient (Wildman–Crippen LogP) is 3.54. The van der Waals surface area contributed by atoms with E-state index in [0.29, 0.717) is 42.1 Å². The van der Waals surface area contributed by atoms with Gasteiger partial charge in [-0.2, -0.15) is 0 Å². The first kappa shape index (κ1) is 23.3. The van der Waals surface area contributed by atoms with Crippen molar-refractivity contribution in [3.63, 3.8) is 0 Å². The Labute approximate surface area is 188 Å². The molecule has 1 aliphatic heterocycles. The van der Waals surface area contributed by atoms with Crippen molar-refractivity contribution >= 4 is 23.3 Å². The van der Waals surface area contributed by atoms with E-state index in [-0.39, 0.29) is 36.9 Å². The second-order valence-electron chi connectivity index (χ2n) is 8.02. The maximum Gasteiger partial charge on any atom is 0.265 e. The minimum Gasteiger partial charge on any atom is -0.485 e. The Bertz CT molecular complexity index is 986. The molecule has 0 aliphatic carbocycles. The van der Waals surface area contributed by atoms with Gasteiger partial charge in [-0.25, -0.2) is 0 Å². The van der Waals surface area contributed by atoms with Gasteiger partial charge in [0.05, 0.1) is 5.69 Å². The van der Waals surface area contributed by atoms with Gasteiger partial charge in [-0.05, 0) is 56.5 Å². The molecule has 32 heavy (non-hydrogen) atoms. The predicted molar refractivity (Wildman–Crippen MR) is 122 cm³/mol. The monoisotopic (exact) mass is 438 g/mol. The molecule has 0 saturated heterocycles. The van der Waals surface area contributed by atoms with E-state index in [1.807, 2.05) is 45.0 Å². The van der Waals surface area contributed by atoms with Crippen LogP contribution in [-0.2, 0) is 16.0 Å². The van der Waals surface area contributed by atoms with Crippen LogP contribution < -0.4 is 19.7 Å². The summed E-state index contributed by atoms with van der Waals surface area (Å²) in [6.45, 7) is 6.06. The fraction of sp³-hybridized carbons (Fsp3) is 0.400. The van der Waals surface area contributed by atoms with E-state index in [4.69, 9.17) is 9.47 Å². The Morgan fingerprint density at radius 1 is 1.19 bits per heavy atom. The highest BCUT2D eigenvalue weighted by Gasteiger charge is 2.26. The molecule has 2 aromatic rings. The van der Waals surface area contributed by atoms with Crippen molar-refractivity contribution in [3.8, 4) is 11.5 Å². The lowest BCUT2D eigenvalue weighted by Crippen LogP contribution is -2.40. The van der Waals surface area contributed by atoms with Gasteiger partial charge in [0, 0.05) is 24.6 Å². The molecule has 1 aliphatic rings. The lowest BCUT2D eigenvalue weighted by Gasteiger charge is -2.29. The normalized spacial score (nSPS) is 12.9. The summed E-state index contributed by atoms with van der Waals surface area (Å²) in [5.74, 6) is 0.813. The third-order valence-electron chi connectivity index (χ3n) is 5.17. The van der Waals surface area contributed by atoms with E-state index < -0.39 is 0 Å². The van der Waals surface area contributed by atoms with Crippen molar-refractivity contribution in [2.75, 3.05) is 24.7 Å². The van der Waals surface area contributed by atoms with Crippen molar-refractivity contribution in [1.82, 2.24) is 5.32 Å². The number of ether oxygens (including phenoxy) is 2. The summed E-state index contributed by atoms with van der Waals surface area (Å²) in [5, 5.41) is 2.84. The molecule has 0 spiro atoms. The van der Waals surface area contributed by atoms with Crippen LogP contribution in [0.4, 0.5) is 5.69 Å². The molecule has 3 rings (SSSR count). The minimum absolute atomic E-state index is 0.0469. The van der Waals surface area contributed by atoms with Crippen LogP contribution in [0.15, 0.2) is 42.5 Å². The lowest BCUT2D eigenvalue weighted by atomic mass is 10.1. The average Bonchev–Trinajstić information content (AvgIpc) is 2.78. The molecule has 0 atom stereocenters. The van der Waals surface area contributed by atoms with E-state index >= 15 is 0 Å². The Morgan fingerprint density at radius 3 is 2.72 bits per heavy atom. The summed E-state index contributed by atoms with van der Waals surface area (Å²) in [4.78, 5) is 38.7. The summed E-state index contributed by atoms with van der Waals surface area (Å²) in [6, 6.07) is 12.8. The van der Waals surface area contributed by atoms with Crippen molar-refractivity contribution in [2.45, 2.75) is 46.1 Å². The standard InChI is InChI=1S/C25H30N2O5/c1-4-18-8-5-6-9-22(18)31-15-21(28)19-11-12-23-20(14-19)27(25(30)16-32-23)13-7-10-24(29)26-17(2)3/h5-6,8-9,11-12,14,17H,4,7,10,13,15-16H2,1-3H3,(H,26,29). The van der Waals surface area contributed by atoms with Gasteiger partial charge in [0.25, 0.3) is 5.91 Å². The zero-order chi connectivity index (χ0) is 23.1. The Balaban J connectivity index is 1.68. The molecular weight excluding hydrogens is 408 g/mol. The number of hydrogen-bond acceptors (Lipinski definition) is 5. The number of ketones is 1. The summed E-state index contributed by atoms with van der Waals surface area (Å²) in [6.07, 6.45) is 1.65.